The molecule has 0 bridgehead atoms. The third kappa shape index (κ3) is 2.84. The van der Waals surface area contributed by atoms with Crippen molar-refractivity contribution in [2.45, 2.75) is 26.3 Å². The Labute approximate surface area is 77.3 Å². The third-order valence-electron chi connectivity index (χ3n) is 1.83. The number of carbonyl (C=O) groups excluding carboxylic acids is 1. The normalized spacial score (nSPS) is 10.1. The molecule has 0 unspecified atom stereocenters. The van der Waals surface area contributed by atoms with E-state index in [0.29, 0.717) is 19.0 Å². The summed E-state index contributed by atoms with van der Waals surface area (Å²) in [5, 5.41) is 4.14. The Balaban J connectivity index is 2.53. The van der Waals surface area contributed by atoms with Gasteiger partial charge in [-0.3, -0.25) is 4.68 Å². The van der Waals surface area contributed by atoms with E-state index in [1.54, 1.807) is 4.68 Å². The molecule has 0 amide bonds. The van der Waals surface area contributed by atoms with Crippen molar-refractivity contribution < 1.29 is 4.79 Å². The predicted octanol–water partition coefficient (Wildman–Crippen LogP) is 1.34. The fourth-order valence-electron chi connectivity index (χ4n) is 0.998. The van der Waals surface area contributed by atoms with Crippen LogP contribution in [0.4, 0.5) is 0 Å². The van der Waals surface area contributed by atoms with Crippen LogP contribution in [0.1, 0.15) is 25.3 Å². The maximum absolute atomic E-state index is 9.79. The van der Waals surface area contributed by atoms with Crippen LogP contribution in [0.5, 0.6) is 0 Å². The molecule has 1 heterocycles. The van der Waals surface area contributed by atoms with Crippen molar-refractivity contribution >= 4 is 6.08 Å². The summed E-state index contributed by atoms with van der Waals surface area (Å²) in [5.41, 5.74) is 1.20. The number of aliphatic imine (C=N–C) groups is 1. The van der Waals surface area contributed by atoms with Crippen molar-refractivity contribution in [1.29, 1.82) is 0 Å². The van der Waals surface area contributed by atoms with Gasteiger partial charge in [0.05, 0.1) is 19.3 Å². The maximum atomic E-state index is 9.79. The van der Waals surface area contributed by atoms with E-state index in [-0.39, 0.29) is 0 Å². The highest BCUT2D eigenvalue weighted by Gasteiger charge is 2.01. The number of rotatable bonds is 4. The van der Waals surface area contributed by atoms with Gasteiger partial charge in [0.2, 0.25) is 6.08 Å². The van der Waals surface area contributed by atoms with E-state index in [1.807, 2.05) is 12.4 Å². The zero-order valence-corrected chi connectivity index (χ0v) is 7.90. The van der Waals surface area contributed by atoms with Gasteiger partial charge in [-0.2, -0.15) is 5.10 Å². The smallest absolute Gasteiger partial charge is 0.235 e. The van der Waals surface area contributed by atoms with Crippen LogP contribution in [0.15, 0.2) is 17.4 Å². The van der Waals surface area contributed by atoms with Crippen LogP contribution in [0.25, 0.3) is 0 Å². The summed E-state index contributed by atoms with van der Waals surface area (Å²) in [6, 6.07) is 0. The number of aromatic nitrogens is 2. The van der Waals surface area contributed by atoms with Crippen molar-refractivity contribution in [2.75, 3.05) is 6.54 Å². The van der Waals surface area contributed by atoms with E-state index in [0.717, 1.165) is 0 Å². The van der Waals surface area contributed by atoms with E-state index < -0.39 is 0 Å². The number of hydrogen-bond donors (Lipinski definition) is 0. The Morgan fingerprint density at radius 3 is 3.00 bits per heavy atom. The van der Waals surface area contributed by atoms with Gasteiger partial charge in [-0.15, -0.1) is 0 Å². The summed E-state index contributed by atoms with van der Waals surface area (Å²) in [6.45, 7) is 5.32. The first kappa shape index (κ1) is 9.68. The number of isocyanates is 1. The van der Waals surface area contributed by atoms with E-state index in [9.17, 15) is 4.79 Å². The van der Waals surface area contributed by atoms with Gasteiger partial charge in [0.25, 0.3) is 0 Å². The largest absolute Gasteiger partial charge is 0.271 e. The average molecular weight is 179 g/mol. The Hall–Kier alpha value is -1.41. The van der Waals surface area contributed by atoms with Gasteiger partial charge in [-0.25, -0.2) is 9.79 Å². The van der Waals surface area contributed by atoms with Crippen LogP contribution in [-0.4, -0.2) is 22.4 Å². The van der Waals surface area contributed by atoms with Crippen molar-refractivity contribution in [2.24, 2.45) is 4.99 Å². The van der Waals surface area contributed by atoms with Crippen molar-refractivity contribution in [3.05, 3.63) is 18.0 Å². The second kappa shape index (κ2) is 4.58. The van der Waals surface area contributed by atoms with Crippen molar-refractivity contribution in [1.82, 2.24) is 9.78 Å². The van der Waals surface area contributed by atoms with Crippen LogP contribution in [0.3, 0.4) is 0 Å². The molecule has 0 saturated carbocycles. The highest BCUT2D eigenvalue weighted by atomic mass is 16.1. The molecule has 1 aromatic heterocycles. The molecule has 1 aromatic rings. The third-order valence-corrected chi connectivity index (χ3v) is 1.83. The average Bonchev–Trinajstić information content (AvgIpc) is 2.53. The van der Waals surface area contributed by atoms with E-state index in [2.05, 4.69) is 23.9 Å². The minimum Gasteiger partial charge on any atom is -0.271 e. The first-order valence-electron chi connectivity index (χ1n) is 4.30. The zero-order valence-electron chi connectivity index (χ0n) is 7.90. The van der Waals surface area contributed by atoms with Gasteiger partial charge < -0.3 is 0 Å². The zero-order chi connectivity index (χ0) is 9.68. The summed E-state index contributed by atoms with van der Waals surface area (Å²) in [6.07, 6.45) is 5.32. The first-order chi connectivity index (χ1) is 6.24. The molecule has 4 nitrogen and oxygen atoms in total. The van der Waals surface area contributed by atoms with Crippen molar-refractivity contribution in [3.63, 3.8) is 0 Å². The molecule has 4 heteroatoms. The second-order valence-electron chi connectivity index (χ2n) is 3.16. The molecule has 70 valence electrons. The number of hydrogen-bond acceptors (Lipinski definition) is 3. The van der Waals surface area contributed by atoms with Crippen LogP contribution < -0.4 is 0 Å². The first-order valence-corrected chi connectivity index (χ1v) is 4.30. The fraction of sp³-hybridized carbons (Fsp3) is 0.556. The van der Waals surface area contributed by atoms with Crippen LogP contribution >= 0.6 is 0 Å². The summed E-state index contributed by atoms with van der Waals surface area (Å²) in [7, 11) is 0. The highest BCUT2D eigenvalue weighted by Crippen LogP contribution is 2.11. The minimum atomic E-state index is 0.447. The topological polar surface area (TPSA) is 47.2 Å². The van der Waals surface area contributed by atoms with Crippen molar-refractivity contribution in [3.8, 4) is 0 Å². The molecule has 0 radical (unpaired) electrons. The summed E-state index contributed by atoms with van der Waals surface area (Å²) < 4.78 is 1.79. The lowest BCUT2D eigenvalue weighted by molar-refractivity contribution is 0.558. The molecule has 0 aliphatic rings. The molecule has 0 aliphatic carbocycles. The Morgan fingerprint density at radius 1 is 1.69 bits per heavy atom. The molecule has 0 atom stereocenters. The van der Waals surface area contributed by atoms with E-state index in [4.69, 9.17) is 0 Å². The van der Waals surface area contributed by atoms with Gasteiger partial charge in [0, 0.05) is 6.20 Å². The van der Waals surface area contributed by atoms with Crippen LogP contribution in [0, 0.1) is 0 Å². The highest BCUT2D eigenvalue weighted by molar-refractivity contribution is 5.32. The quantitative estimate of drug-likeness (QED) is 0.517. The molecular formula is C9H13N3O. The molecule has 0 aliphatic heterocycles. The molecule has 0 aromatic carbocycles. The fourth-order valence-corrected chi connectivity index (χ4v) is 0.998. The number of nitrogens with zero attached hydrogens (tertiary/aromatic N) is 3. The van der Waals surface area contributed by atoms with Crippen LogP contribution in [-0.2, 0) is 11.3 Å². The lowest BCUT2D eigenvalue weighted by Crippen LogP contribution is -2.00. The van der Waals surface area contributed by atoms with Gasteiger partial charge in [-0.05, 0) is 11.5 Å². The molecule has 0 fully saturated rings. The monoisotopic (exact) mass is 179 g/mol. The Kier molecular flexibility index (Phi) is 3.41. The molecule has 0 saturated heterocycles. The van der Waals surface area contributed by atoms with E-state index >= 15 is 0 Å². The van der Waals surface area contributed by atoms with E-state index in [1.165, 1.54) is 11.6 Å². The second-order valence-corrected chi connectivity index (χ2v) is 3.16. The summed E-state index contributed by atoms with van der Waals surface area (Å²) in [5.74, 6) is 0.489. The van der Waals surface area contributed by atoms with Gasteiger partial charge in [-0.1, -0.05) is 13.8 Å². The standard InChI is InChI=1S/C9H13N3O/c1-8(2)9-5-11-12(6-9)4-3-10-7-13/h5-6,8H,3-4H2,1-2H3. The lowest BCUT2D eigenvalue weighted by atomic mass is 10.1. The molecule has 1 rings (SSSR count). The molecule has 13 heavy (non-hydrogen) atoms. The summed E-state index contributed by atoms with van der Waals surface area (Å²) in [4.78, 5) is 13.2. The SMILES string of the molecule is CC(C)c1cnn(CCN=C=O)c1. The molecule has 0 N–H and O–H groups in total. The van der Waals surface area contributed by atoms with Gasteiger partial charge in [0.1, 0.15) is 0 Å². The maximum Gasteiger partial charge on any atom is 0.235 e. The molecule has 0 spiro atoms. The lowest BCUT2D eigenvalue weighted by Gasteiger charge is -1.98. The minimum absolute atomic E-state index is 0.447. The Morgan fingerprint density at radius 2 is 2.46 bits per heavy atom. The van der Waals surface area contributed by atoms with Crippen LogP contribution in [0.2, 0.25) is 0 Å². The Bertz CT molecular complexity index is 310. The van der Waals surface area contributed by atoms with Gasteiger partial charge >= 0.3 is 0 Å². The molecular weight excluding hydrogens is 166 g/mol. The van der Waals surface area contributed by atoms with Gasteiger partial charge in [0.15, 0.2) is 0 Å². The predicted molar refractivity (Wildman–Crippen MR) is 49.3 cm³/mol. The summed E-state index contributed by atoms with van der Waals surface area (Å²) >= 11 is 0.